The first-order valence-corrected chi connectivity index (χ1v) is 7.36. The lowest BCUT2D eigenvalue weighted by Gasteiger charge is -1.98. The number of carboxylic acid groups (broad SMARTS) is 1. The summed E-state index contributed by atoms with van der Waals surface area (Å²) in [7, 11) is 1.63. The number of rotatable bonds is 2. The molecule has 2 rings (SSSR count). The first-order chi connectivity index (χ1) is 7.80. The lowest BCUT2D eigenvalue weighted by molar-refractivity contribution is -0.134. The van der Waals surface area contributed by atoms with E-state index in [0.29, 0.717) is 5.92 Å². The summed E-state index contributed by atoms with van der Waals surface area (Å²) >= 11 is 0. The number of benzene rings is 1. The van der Waals surface area contributed by atoms with Gasteiger partial charge in [-0.1, -0.05) is 12.1 Å². The van der Waals surface area contributed by atoms with Crippen molar-refractivity contribution in [1.82, 2.24) is 0 Å². The second-order valence-electron chi connectivity index (χ2n) is 3.80. The highest BCUT2D eigenvalue weighted by Crippen LogP contribution is 2.40. The van der Waals surface area contributed by atoms with E-state index in [1.807, 2.05) is 12.1 Å². The van der Waals surface area contributed by atoms with Gasteiger partial charge in [-0.15, -0.1) is 0 Å². The van der Waals surface area contributed by atoms with Gasteiger partial charge in [-0.05, 0) is 36.5 Å². The molecule has 0 heterocycles. The molecule has 0 saturated heterocycles. The van der Waals surface area contributed by atoms with Crippen LogP contribution < -0.4 is 0 Å². The van der Waals surface area contributed by atoms with Crippen molar-refractivity contribution in [3.8, 4) is 0 Å². The van der Waals surface area contributed by atoms with Gasteiger partial charge in [0.2, 0.25) is 0 Å². The molecule has 0 amide bonds. The summed E-state index contributed by atoms with van der Waals surface area (Å²) in [6, 6.07) is 6.81. The molecule has 1 aliphatic rings. The van der Waals surface area contributed by atoms with Crippen molar-refractivity contribution in [2.45, 2.75) is 30.6 Å². The van der Waals surface area contributed by atoms with Gasteiger partial charge >= 0.3 is 0 Å². The zero-order valence-corrected chi connectivity index (χ0v) is 10.8. The molecule has 17 heavy (non-hydrogen) atoms. The van der Waals surface area contributed by atoms with E-state index in [0.717, 1.165) is 6.92 Å². The van der Waals surface area contributed by atoms with Crippen LogP contribution in [-0.2, 0) is 13.8 Å². The normalized spacial score (nSPS) is 14.7. The minimum atomic E-state index is -3.55. The molecule has 0 atom stereocenters. The molecule has 0 spiro atoms. The molecule has 4 nitrogen and oxygen atoms in total. The van der Waals surface area contributed by atoms with Crippen molar-refractivity contribution < 1.29 is 18.3 Å². The van der Waals surface area contributed by atoms with Crippen LogP contribution in [0.15, 0.2) is 29.2 Å². The maximum absolute atomic E-state index is 10.9. The van der Waals surface area contributed by atoms with E-state index < -0.39 is 15.0 Å². The number of halogens is 1. The maximum Gasteiger partial charge on any atom is 0.300 e. The summed E-state index contributed by atoms with van der Waals surface area (Å²) < 4.78 is 21.8. The molecule has 1 aromatic carbocycles. The lowest BCUT2D eigenvalue weighted by Crippen LogP contribution is -1.90. The zero-order valence-electron chi connectivity index (χ0n) is 9.26. The van der Waals surface area contributed by atoms with Gasteiger partial charge in [0.05, 0.1) is 4.90 Å². The molecule has 0 aliphatic heterocycles. The van der Waals surface area contributed by atoms with E-state index in [1.165, 1.54) is 18.4 Å². The fraction of sp³-hybridized carbons (Fsp3) is 0.364. The van der Waals surface area contributed by atoms with Gasteiger partial charge < -0.3 is 5.11 Å². The van der Waals surface area contributed by atoms with Gasteiger partial charge in [-0.3, -0.25) is 4.79 Å². The standard InChI is InChI=1S/C9H9ClO2S.C2H4O2/c10-13(11,12)9-5-3-8(4-6-9)7-1-2-7;1-2(3)4/h3-7H,1-2H2;1H3,(H,3,4). The minimum Gasteiger partial charge on any atom is -0.481 e. The average Bonchev–Trinajstić information content (AvgIpc) is 2.98. The molecule has 0 aromatic heterocycles. The van der Waals surface area contributed by atoms with Gasteiger partial charge in [0.1, 0.15) is 0 Å². The predicted molar refractivity (Wildman–Crippen MR) is 64.8 cm³/mol. The SMILES string of the molecule is CC(=O)O.O=S(=O)(Cl)c1ccc(C2CC2)cc1. The Labute approximate surface area is 105 Å². The number of aliphatic carboxylic acids is 1. The fourth-order valence-corrected chi connectivity index (χ4v) is 2.09. The molecule has 1 aromatic rings. The second-order valence-corrected chi connectivity index (χ2v) is 6.37. The molecule has 1 N–H and O–H groups in total. The Morgan fingerprint density at radius 3 is 2.00 bits per heavy atom. The Bertz CT molecular complexity index is 485. The Morgan fingerprint density at radius 1 is 1.29 bits per heavy atom. The van der Waals surface area contributed by atoms with Crippen LogP contribution in [0.4, 0.5) is 0 Å². The minimum absolute atomic E-state index is 0.179. The fourth-order valence-electron chi connectivity index (χ4n) is 1.32. The summed E-state index contributed by atoms with van der Waals surface area (Å²) in [5.41, 5.74) is 1.21. The monoisotopic (exact) mass is 276 g/mol. The lowest BCUT2D eigenvalue weighted by atomic mass is 10.1. The largest absolute Gasteiger partial charge is 0.481 e. The highest BCUT2D eigenvalue weighted by Gasteiger charge is 2.23. The summed E-state index contributed by atoms with van der Waals surface area (Å²) in [5, 5.41) is 7.42. The molecule has 1 saturated carbocycles. The van der Waals surface area contributed by atoms with Gasteiger partial charge in [-0.2, -0.15) is 0 Å². The van der Waals surface area contributed by atoms with Crippen LogP contribution >= 0.6 is 10.7 Å². The Hall–Kier alpha value is -1.07. The number of hydrogen-bond donors (Lipinski definition) is 1. The van der Waals surface area contributed by atoms with E-state index in [2.05, 4.69) is 0 Å². The molecule has 0 unspecified atom stereocenters. The topological polar surface area (TPSA) is 71.4 Å². The third-order valence-corrected chi connectivity index (χ3v) is 3.58. The molecular formula is C11H13ClO4S. The zero-order chi connectivity index (χ0) is 13.1. The van der Waals surface area contributed by atoms with Crippen molar-refractivity contribution in [2.75, 3.05) is 0 Å². The third kappa shape index (κ3) is 5.19. The highest BCUT2D eigenvalue weighted by atomic mass is 35.7. The van der Waals surface area contributed by atoms with Crippen molar-refractivity contribution >= 4 is 25.7 Å². The van der Waals surface area contributed by atoms with Gasteiger partial charge in [0.25, 0.3) is 15.0 Å². The van der Waals surface area contributed by atoms with Crippen molar-refractivity contribution in [3.05, 3.63) is 29.8 Å². The highest BCUT2D eigenvalue weighted by molar-refractivity contribution is 8.13. The molecule has 0 bridgehead atoms. The number of carboxylic acids is 1. The Balaban J connectivity index is 0.000000317. The smallest absolute Gasteiger partial charge is 0.300 e. The average molecular weight is 277 g/mol. The van der Waals surface area contributed by atoms with E-state index in [1.54, 1.807) is 12.1 Å². The van der Waals surface area contributed by atoms with Crippen LogP contribution in [0, 0.1) is 0 Å². The van der Waals surface area contributed by atoms with Crippen LogP contribution in [0.3, 0.4) is 0 Å². The molecule has 6 heteroatoms. The molecule has 0 radical (unpaired) electrons. The summed E-state index contributed by atoms with van der Waals surface area (Å²) in [4.78, 5) is 9.18. The summed E-state index contributed by atoms with van der Waals surface area (Å²) in [5.74, 6) is -0.188. The van der Waals surface area contributed by atoms with Crippen molar-refractivity contribution in [3.63, 3.8) is 0 Å². The first-order valence-electron chi connectivity index (χ1n) is 5.05. The van der Waals surface area contributed by atoms with Crippen molar-refractivity contribution in [2.24, 2.45) is 0 Å². The van der Waals surface area contributed by atoms with Gasteiger partial charge in [-0.25, -0.2) is 8.42 Å². The molecule has 1 fully saturated rings. The molecular weight excluding hydrogens is 264 g/mol. The van der Waals surface area contributed by atoms with Crippen LogP contribution in [0.1, 0.15) is 31.2 Å². The van der Waals surface area contributed by atoms with E-state index in [4.69, 9.17) is 20.6 Å². The van der Waals surface area contributed by atoms with Crippen LogP contribution in [0.25, 0.3) is 0 Å². The summed E-state index contributed by atoms with van der Waals surface area (Å²) in [6.07, 6.45) is 2.43. The third-order valence-electron chi connectivity index (χ3n) is 2.21. The van der Waals surface area contributed by atoms with E-state index >= 15 is 0 Å². The summed E-state index contributed by atoms with van der Waals surface area (Å²) in [6.45, 7) is 1.08. The molecule has 94 valence electrons. The Kier molecular flexibility index (Phi) is 4.54. The second kappa shape index (κ2) is 5.51. The van der Waals surface area contributed by atoms with Gasteiger partial charge in [0.15, 0.2) is 0 Å². The predicted octanol–water partition coefficient (Wildman–Crippen LogP) is 2.58. The van der Waals surface area contributed by atoms with Crippen molar-refractivity contribution in [1.29, 1.82) is 0 Å². The van der Waals surface area contributed by atoms with Gasteiger partial charge in [0, 0.05) is 17.6 Å². The van der Waals surface area contributed by atoms with E-state index in [9.17, 15) is 8.42 Å². The number of carbonyl (C=O) groups is 1. The quantitative estimate of drug-likeness (QED) is 0.843. The van der Waals surface area contributed by atoms with E-state index in [-0.39, 0.29) is 4.90 Å². The van der Waals surface area contributed by atoms with Crippen LogP contribution in [0.5, 0.6) is 0 Å². The Morgan fingerprint density at radius 2 is 1.71 bits per heavy atom. The van der Waals surface area contributed by atoms with Crippen LogP contribution in [-0.4, -0.2) is 19.5 Å². The van der Waals surface area contributed by atoms with Crippen LogP contribution in [0.2, 0.25) is 0 Å². The first kappa shape index (κ1) is 14.0. The molecule has 1 aliphatic carbocycles. The maximum atomic E-state index is 10.9. The number of hydrogen-bond acceptors (Lipinski definition) is 3.